The molecule has 1 aromatic heterocycles. The fraction of sp³-hybridized carbons (Fsp3) is 0.244. The van der Waals surface area contributed by atoms with E-state index in [1.165, 1.54) is 23.5 Å². The summed E-state index contributed by atoms with van der Waals surface area (Å²) in [4.78, 5) is 82.2. The second-order valence-corrected chi connectivity index (χ2v) is 15.4. The quantitative estimate of drug-likeness (QED) is 0.114. The van der Waals surface area contributed by atoms with Gasteiger partial charge in [-0.3, -0.25) is 28.8 Å². The van der Waals surface area contributed by atoms with Gasteiger partial charge in [0.2, 0.25) is 11.8 Å². The zero-order valence-corrected chi connectivity index (χ0v) is 32.6. The summed E-state index contributed by atoms with van der Waals surface area (Å²) in [6, 6.07) is 31.5. The summed E-state index contributed by atoms with van der Waals surface area (Å²) in [5, 5.41) is 43.9. The van der Waals surface area contributed by atoms with E-state index in [4.69, 9.17) is 0 Å². The molecule has 2 aliphatic rings. The standard InChI is InChI=1S/C45H44N4O9S/c50-38-25-32(45(57)58)22-28-15-19-33(20-16-28)46-43(55)39(51)40(52)44(56)49-37(26-34-12-7-21-59-34)42(54)48-36(41(53)47-35(38)23-27-8-3-1-4-9-27)24-29-13-17-31(18-14-29)30-10-5-2-6-11-30/h1-21,32,35-37,39-40,51-52H,22-26H2,(H,46,55)(H,47,53)(H,48,54)(H,49,56)(H,57,58)/t32-,35-,36-,37-,39-,40-/m1/s1. The van der Waals surface area contributed by atoms with Crippen LogP contribution in [0.2, 0.25) is 0 Å². The molecule has 59 heavy (non-hydrogen) atoms. The van der Waals surface area contributed by atoms with Crippen molar-refractivity contribution < 1.29 is 44.1 Å². The van der Waals surface area contributed by atoms with E-state index in [9.17, 15) is 44.1 Å². The van der Waals surface area contributed by atoms with Gasteiger partial charge in [0.05, 0.1) is 12.0 Å². The van der Waals surface area contributed by atoms with Crippen molar-refractivity contribution in [2.75, 3.05) is 5.32 Å². The van der Waals surface area contributed by atoms with E-state index >= 15 is 0 Å². The zero-order chi connectivity index (χ0) is 41.9. The van der Waals surface area contributed by atoms with Crippen molar-refractivity contribution in [2.24, 2.45) is 5.92 Å². The van der Waals surface area contributed by atoms with Gasteiger partial charge in [-0.25, -0.2) is 0 Å². The van der Waals surface area contributed by atoms with E-state index in [1.54, 1.807) is 60.0 Å². The molecule has 304 valence electrons. The van der Waals surface area contributed by atoms with E-state index in [0.29, 0.717) is 21.6 Å². The molecular weight excluding hydrogens is 773 g/mol. The Kier molecular flexibility index (Phi) is 14.1. The van der Waals surface area contributed by atoms with Crippen molar-refractivity contribution in [3.05, 3.63) is 148 Å². The lowest BCUT2D eigenvalue weighted by atomic mass is 9.90. The summed E-state index contributed by atoms with van der Waals surface area (Å²) in [6.07, 6.45) is -5.10. The average Bonchev–Trinajstić information content (AvgIpc) is 3.76. The number of amides is 4. The molecule has 0 radical (unpaired) electrons. The largest absolute Gasteiger partial charge is 0.481 e. The number of thiophene rings is 1. The third-order valence-corrected chi connectivity index (χ3v) is 11.0. The predicted molar refractivity (Wildman–Crippen MR) is 221 cm³/mol. The third kappa shape index (κ3) is 11.6. The maximum atomic E-state index is 14.4. The lowest BCUT2D eigenvalue weighted by molar-refractivity contribution is -0.145. The number of anilines is 1. The normalized spacial score (nSPS) is 22.3. The Morgan fingerprint density at radius 2 is 1.10 bits per heavy atom. The molecule has 0 saturated carbocycles. The lowest BCUT2D eigenvalue weighted by Crippen LogP contribution is -2.58. The summed E-state index contributed by atoms with van der Waals surface area (Å²) < 4.78 is 0. The monoisotopic (exact) mass is 816 g/mol. The number of hydrogen-bond acceptors (Lipinski definition) is 9. The number of nitrogens with one attached hydrogen (secondary N) is 4. The van der Waals surface area contributed by atoms with Crippen LogP contribution in [0.5, 0.6) is 0 Å². The number of fused-ring (bicyclic) bond motifs is 18. The number of carboxylic acids is 1. The molecule has 0 saturated heterocycles. The first-order valence-corrected chi connectivity index (χ1v) is 19.9. The molecule has 4 amide bonds. The maximum absolute atomic E-state index is 14.4. The van der Waals surface area contributed by atoms with Crippen LogP contribution in [0.15, 0.2) is 127 Å². The highest BCUT2D eigenvalue weighted by Gasteiger charge is 2.36. The molecule has 7 N–H and O–H groups in total. The van der Waals surface area contributed by atoms with Crippen molar-refractivity contribution >= 4 is 52.4 Å². The fourth-order valence-electron chi connectivity index (χ4n) is 6.79. The number of benzene rings is 4. The van der Waals surface area contributed by atoms with E-state index in [2.05, 4.69) is 21.3 Å². The third-order valence-electron chi connectivity index (χ3n) is 10.1. The van der Waals surface area contributed by atoms with Gasteiger partial charge in [0.15, 0.2) is 18.0 Å². The first-order valence-electron chi connectivity index (χ1n) is 19.1. The van der Waals surface area contributed by atoms with Gasteiger partial charge in [0.1, 0.15) is 12.1 Å². The van der Waals surface area contributed by atoms with Gasteiger partial charge < -0.3 is 36.6 Å². The van der Waals surface area contributed by atoms with Crippen molar-refractivity contribution in [3.8, 4) is 11.1 Å². The summed E-state index contributed by atoms with van der Waals surface area (Å²) in [5.74, 6) is -6.82. The first-order chi connectivity index (χ1) is 28.4. The lowest BCUT2D eigenvalue weighted by Gasteiger charge is -2.26. The second kappa shape index (κ2) is 19.8. The van der Waals surface area contributed by atoms with Crippen molar-refractivity contribution in [1.82, 2.24) is 16.0 Å². The Morgan fingerprint density at radius 1 is 0.559 bits per heavy atom. The molecule has 2 bridgehead atoms. The molecule has 3 heterocycles. The van der Waals surface area contributed by atoms with Crippen LogP contribution in [0.4, 0.5) is 5.69 Å². The highest BCUT2D eigenvalue weighted by atomic mass is 32.1. The molecule has 7 rings (SSSR count). The van der Waals surface area contributed by atoms with E-state index in [-0.39, 0.29) is 31.4 Å². The van der Waals surface area contributed by atoms with Gasteiger partial charge in [0.25, 0.3) is 11.8 Å². The van der Waals surface area contributed by atoms with Crippen LogP contribution in [0.3, 0.4) is 0 Å². The molecule has 0 unspecified atom stereocenters. The van der Waals surface area contributed by atoms with Gasteiger partial charge in [0, 0.05) is 29.8 Å². The van der Waals surface area contributed by atoms with Crippen LogP contribution in [0.25, 0.3) is 11.1 Å². The van der Waals surface area contributed by atoms with Crippen molar-refractivity contribution in [3.63, 3.8) is 0 Å². The minimum atomic E-state index is -2.29. The molecule has 14 heteroatoms. The number of aliphatic carboxylic acids is 1. The smallest absolute Gasteiger partial charge is 0.307 e. The number of aliphatic hydroxyl groups is 2. The zero-order valence-electron chi connectivity index (χ0n) is 31.8. The Bertz CT molecular complexity index is 2230. The Balaban J connectivity index is 1.37. The molecule has 13 nitrogen and oxygen atoms in total. The maximum Gasteiger partial charge on any atom is 0.307 e. The molecule has 4 aromatic carbocycles. The minimum Gasteiger partial charge on any atom is -0.481 e. The fourth-order valence-corrected chi connectivity index (χ4v) is 7.54. The number of ketones is 1. The number of carbonyl (C=O) groups excluding carboxylic acids is 5. The average molecular weight is 817 g/mol. The topological polar surface area (TPSA) is 211 Å². The SMILES string of the molecule is O=C(O)[C@H]1CC(=O)[C@@H](Cc2ccccc2)NC(=O)[C@@H](Cc2ccc(-c3ccccc3)cc2)NC(=O)[C@@H](Cc2cccs2)NC(=O)[C@H](O)[C@@H](O)C(=O)Nc2ccc(cc2)C1. The molecule has 0 aliphatic carbocycles. The van der Waals surface area contributed by atoms with Crippen molar-refractivity contribution in [2.45, 2.75) is 62.4 Å². The summed E-state index contributed by atoms with van der Waals surface area (Å²) >= 11 is 1.30. The number of rotatable bonds is 8. The van der Waals surface area contributed by atoms with Gasteiger partial charge in [-0.05, 0) is 64.2 Å². The van der Waals surface area contributed by atoms with Crippen LogP contribution in [-0.2, 0) is 54.5 Å². The van der Waals surface area contributed by atoms with Gasteiger partial charge in [-0.1, -0.05) is 103 Å². The van der Waals surface area contributed by atoms with Crippen molar-refractivity contribution in [1.29, 1.82) is 0 Å². The Hall–Kier alpha value is -6.48. The number of Topliss-reactive ketones (excluding diaryl/α,β-unsaturated/α-hetero) is 1. The number of carboxylic acid groups (broad SMARTS) is 1. The molecule has 6 atom stereocenters. The highest BCUT2D eigenvalue weighted by molar-refractivity contribution is 7.09. The Morgan fingerprint density at radius 3 is 1.73 bits per heavy atom. The van der Waals surface area contributed by atoms with Gasteiger partial charge >= 0.3 is 5.97 Å². The molecular formula is C45H44N4O9S. The van der Waals surface area contributed by atoms with E-state index < -0.39 is 78.1 Å². The van der Waals surface area contributed by atoms with Crippen LogP contribution < -0.4 is 21.3 Å². The highest BCUT2D eigenvalue weighted by Crippen LogP contribution is 2.22. The Labute approximate surface area is 344 Å². The minimum absolute atomic E-state index is 0.0376. The predicted octanol–water partition coefficient (Wildman–Crippen LogP) is 3.47. The number of carbonyl (C=O) groups is 6. The molecule has 0 fully saturated rings. The van der Waals surface area contributed by atoms with E-state index in [1.807, 2.05) is 54.6 Å². The molecule has 5 aromatic rings. The van der Waals surface area contributed by atoms with Gasteiger partial charge in [-0.15, -0.1) is 11.3 Å². The van der Waals surface area contributed by atoms with Gasteiger partial charge in [-0.2, -0.15) is 0 Å². The second-order valence-electron chi connectivity index (χ2n) is 14.4. The number of aliphatic hydroxyl groups excluding tert-OH is 2. The summed E-state index contributed by atoms with van der Waals surface area (Å²) in [6.45, 7) is 0. The number of hydrogen-bond donors (Lipinski definition) is 7. The molecule has 0 spiro atoms. The van der Waals surface area contributed by atoms with Crippen LogP contribution in [-0.4, -0.2) is 81.0 Å². The van der Waals surface area contributed by atoms with E-state index in [0.717, 1.165) is 11.1 Å². The first kappa shape index (κ1) is 42.1. The summed E-state index contributed by atoms with van der Waals surface area (Å²) in [7, 11) is 0. The molecule has 2 aliphatic heterocycles. The van der Waals surface area contributed by atoms with Crippen LogP contribution >= 0.6 is 11.3 Å². The summed E-state index contributed by atoms with van der Waals surface area (Å²) in [5.41, 5.74) is 3.95. The van der Waals surface area contributed by atoms with Crippen LogP contribution in [0, 0.1) is 5.92 Å². The van der Waals surface area contributed by atoms with Crippen LogP contribution in [0.1, 0.15) is 28.0 Å².